The number of rotatable bonds is 5. The third-order valence-electron chi connectivity index (χ3n) is 5.23. The zero-order valence-corrected chi connectivity index (χ0v) is 14.1. The molecule has 0 radical (unpaired) electrons. The molecule has 7 heteroatoms. The molecule has 2 N–H and O–H groups in total. The lowest BCUT2D eigenvalue weighted by molar-refractivity contribution is 0.0249. The van der Waals surface area contributed by atoms with E-state index >= 15 is 0 Å². The van der Waals surface area contributed by atoms with E-state index in [2.05, 4.69) is 26.9 Å². The molecule has 2 heterocycles. The van der Waals surface area contributed by atoms with Crippen molar-refractivity contribution < 1.29 is 14.6 Å². The van der Waals surface area contributed by atoms with Crippen molar-refractivity contribution in [2.45, 2.75) is 70.4 Å². The first-order valence-corrected chi connectivity index (χ1v) is 8.71. The number of nitrogens with zero attached hydrogens (tertiary/aromatic N) is 4. The Kier molecular flexibility index (Phi) is 5.31. The second-order valence-electron chi connectivity index (χ2n) is 6.79. The molecule has 0 bridgehead atoms. The lowest BCUT2D eigenvalue weighted by atomic mass is 9.91. The van der Waals surface area contributed by atoms with Gasteiger partial charge < -0.3 is 14.6 Å². The third kappa shape index (κ3) is 3.74. The predicted molar refractivity (Wildman–Crippen MR) is 84.7 cm³/mol. The number of hydrogen-bond acceptors (Lipinski definition) is 7. The minimum absolute atomic E-state index is 0.0429. The summed E-state index contributed by atoms with van der Waals surface area (Å²) in [5, 5.41) is 28.7. The van der Waals surface area contributed by atoms with E-state index in [0.29, 0.717) is 24.9 Å². The van der Waals surface area contributed by atoms with Gasteiger partial charge in [-0.05, 0) is 19.4 Å². The highest BCUT2D eigenvalue weighted by Crippen LogP contribution is 2.28. The summed E-state index contributed by atoms with van der Waals surface area (Å²) in [7, 11) is 0. The fourth-order valence-electron chi connectivity index (χ4n) is 3.98. The van der Waals surface area contributed by atoms with E-state index in [-0.39, 0.29) is 18.2 Å². The van der Waals surface area contributed by atoms with Gasteiger partial charge in [-0.2, -0.15) is 0 Å². The number of β-amino-alcohol motifs (C(OH)–C–C–N with tert-alkyl or cyclic N) is 1. The zero-order chi connectivity index (χ0) is 16.4. The number of aliphatic hydroxyl groups is 2. The first kappa shape index (κ1) is 16.8. The Balaban J connectivity index is 1.64. The Labute approximate surface area is 137 Å². The van der Waals surface area contributed by atoms with Crippen LogP contribution in [0.1, 0.15) is 44.4 Å². The van der Waals surface area contributed by atoms with E-state index in [0.717, 1.165) is 38.8 Å². The second-order valence-corrected chi connectivity index (χ2v) is 6.79. The van der Waals surface area contributed by atoms with Crippen LogP contribution < -0.4 is 0 Å². The van der Waals surface area contributed by atoms with Crippen LogP contribution in [0.3, 0.4) is 0 Å². The normalized spacial score (nSPS) is 32.7. The fraction of sp³-hybridized carbons (Fsp3) is 0.875. The van der Waals surface area contributed by atoms with E-state index < -0.39 is 6.10 Å². The van der Waals surface area contributed by atoms with Crippen LogP contribution in [0.2, 0.25) is 0 Å². The molecule has 3 rings (SSSR count). The van der Waals surface area contributed by atoms with E-state index in [1.165, 1.54) is 0 Å². The summed E-state index contributed by atoms with van der Waals surface area (Å²) in [6.07, 6.45) is 3.50. The highest BCUT2D eigenvalue weighted by molar-refractivity contribution is 4.97. The molecule has 0 aromatic carbocycles. The van der Waals surface area contributed by atoms with Crippen molar-refractivity contribution >= 4 is 0 Å². The maximum atomic E-state index is 10.5. The van der Waals surface area contributed by atoms with Crippen LogP contribution in [0.4, 0.5) is 0 Å². The summed E-state index contributed by atoms with van der Waals surface area (Å²) in [4.78, 5) is 4.45. The molecule has 7 nitrogen and oxygen atoms in total. The smallest absolute Gasteiger partial charge is 0.230 e. The van der Waals surface area contributed by atoms with Crippen LogP contribution in [0.15, 0.2) is 4.42 Å². The molecule has 1 aliphatic carbocycles. The highest BCUT2D eigenvalue weighted by atomic mass is 16.4. The maximum Gasteiger partial charge on any atom is 0.230 e. The van der Waals surface area contributed by atoms with Crippen LogP contribution >= 0.6 is 0 Å². The molecule has 0 unspecified atom stereocenters. The van der Waals surface area contributed by atoms with E-state index in [4.69, 9.17) is 4.42 Å². The maximum absolute atomic E-state index is 10.5. The monoisotopic (exact) mass is 324 g/mol. The van der Waals surface area contributed by atoms with Gasteiger partial charge in [0.2, 0.25) is 11.8 Å². The Morgan fingerprint density at radius 2 is 1.96 bits per heavy atom. The van der Waals surface area contributed by atoms with Crippen LogP contribution in [-0.4, -0.2) is 74.1 Å². The van der Waals surface area contributed by atoms with Gasteiger partial charge in [0, 0.05) is 26.1 Å². The zero-order valence-electron chi connectivity index (χ0n) is 14.1. The summed E-state index contributed by atoms with van der Waals surface area (Å²) in [6, 6.07) is 0.231. The summed E-state index contributed by atoms with van der Waals surface area (Å²) in [5.41, 5.74) is 0. The van der Waals surface area contributed by atoms with Crippen molar-refractivity contribution in [2.24, 2.45) is 0 Å². The SMILES string of the molecule is CCN(Cc1nnc(C)o1)[C@@H]1CN([C@@H]2CCCC[C@H]2O)C[C@H]1O. The number of likely N-dealkylation sites (N-methyl/N-ethyl adjacent to an activating group) is 1. The summed E-state index contributed by atoms with van der Waals surface area (Å²) < 4.78 is 5.47. The number of aliphatic hydroxyl groups excluding tert-OH is 2. The Morgan fingerprint density at radius 3 is 2.61 bits per heavy atom. The minimum atomic E-state index is -0.409. The summed E-state index contributed by atoms with van der Waals surface area (Å²) in [5.74, 6) is 1.16. The van der Waals surface area contributed by atoms with E-state index in [9.17, 15) is 10.2 Å². The highest BCUT2D eigenvalue weighted by Gasteiger charge is 2.40. The molecule has 4 atom stereocenters. The van der Waals surface area contributed by atoms with Crippen LogP contribution in [0, 0.1) is 6.92 Å². The van der Waals surface area contributed by atoms with E-state index in [1.807, 2.05) is 0 Å². The third-order valence-corrected chi connectivity index (χ3v) is 5.23. The molecule has 1 aromatic heterocycles. The summed E-state index contributed by atoms with van der Waals surface area (Å²) >= 11 is 0. The number of aromatic nitrogens is 2. The van der Waals surface area contributed by atoms with Crippen molar-refractivity contribution in [1.82, 2.24) is 20.0 Å². The second kappa shape index (κ2) is 7.25. The molecule has 0 spiro atoms. The standard InChI is InChI=1S/C16H28N4O3/c1-3-19(10-16-18-17-11(2)23-16)13-8-20(9-15(13)22)12-6-4-5-7-14(12)21/h12-15,21-22H,3-10H2,1-2H3/t12-,13-,14-,15-/m1/s1. The van der Waals surface area contributed by atoms with Crippen molar-refractivity contribution in [1.29, 1.82) is 0 Å². The molecule has 1 aromatic rings. The van der Waals surface area contributed by atoms with Gasteiger partial charge in [-0.25, -0.2) is 0 Å². The molecule has 1 aliphatic heterocycles. The minimum Gasteiger partial charge on any atom is -0.424 e. The van der Waals surface area contributed by atoms with Gasteiger partial charge in [-0.3, -0.25) is 9.80 Å². The average molecular weight is 324 g/mol. The first-order valence-electron chi connectivity index (χ1n) is 8.71. The molecule has 1 saturated carbocycles. The van der Waals surface area contributed by atoms with Gasteiger partial charge in [0.05, 0.1) is 24.8 Å². The first-order chi connectivity index (χ1) is 11.1. The average Bonchev–Trinajstić information content (AvgIpc) is 3.11. The Bertz CT molecular complexity index is 509. The molecule has 0 amide bonds. The quantitative estimate of drug-likeness (QED) is 0.818. The van der Waals surface area contributed by atoms with Gasteiger partial charge in [0.1, 0.15) is 0 Å². The van der Waals surface area contributed by atoms with Gasteiger partial charge >= 0.3 is 0 Å². The number of aryl methyl sites for hydroxylation is 1. The van der Waals surface area contributed by atoms with Gasteiger partial charge in [-0.15, -0.1) is 10.2 Å². The molecule has 2 fully saturated rings. The van der Waals surface area contributed by atoms with E-state index in [1.54, 1.807) is 6.92 Å². The lowest BCUT2D eigenvalue weighted by Gasteiger charge is -2.35. The van der Waals surface area contributed by atoms with Crippen molar-refractivity contribution in [2.75, 3.05) is 19.6 Å². The van der Waals surface area contributed by atoms with Gasteiger partial charge in [0.15, 0.2) is 0 Å². The van der Waals surface area contributed by atoms with Gasteiger partial charge in [-0.1, -0.05) is 19.8 Å². The Morgan fingerprint density at radius 1 is 1.17 bits per heavy atom. The molecule has 23 heavy (non-hydrogen) atoms. The fourth-order valence-corrected chi connectivity index (χ4v) is 3.98. The lowest BCUT2D eigenvalue weighted by Crippen LogP contribution is -2.46. The number of likely N-dealkylation sites (tertiary alicyclic amines) is 1. The van der Waals surface area contributed by atoms with Crippen molar-refractivity contribution in [3.8, 4) is 0 Å². The van der Waals surface area contributed by atoms with Crippen LogP contribution in [0.5, 0.6) is 0 Å². The molecule has 130 valence electrons. The van der Waals surface area contributed by atoms with Gasteiger partial charge in [0.25, 0.3) is 0 Å². The van der Waals surface area contributed by atoms with Crippen molar-refractivity contribution in [3.63, 3.8) is 0 Å². The Hall–Kier alpha value is -1.02. The molecular weight excluding hydrogens is 296 g/mol. The number of hydrogen-bond donors (Lipinski definition) is 2. The molecule has 1 saturated heterocycles. The topological polar surface area (TPSA) is 85.9 Å². The summed E-state index contributed by atoms with van der Waals surface area (Å²) in [6.45, 7) is 6.64. The van der Waals surface area contributed by atoms with Crippen molar-refractivity contribution in [3.05, 3.63) is 11.8 Å². The van der Waals surface area contributed by atoms with Crippen LogP contribution in [-0.2, 0) is 6.54 Å². The molecular formula is C16H28N4O3. The predicted octanol–water partition coefficient (Wildman–Crippen LogP) is 0.549. The van der Waals surface area contributed by atoms with Crippen LogP contribution in [0.25, 0.3) is 0 Å². The largest absolute Gasteiger partial charge is 0.424 e. The molecule has 2 aliphatic rings.